The zero-order chi connectivity index (χ0) is 10.9. The number of likely N-dealkylation sites (tertiary alicyclic amines) is 1. The highest BCUT2D eigenvalue weighted by atomic mass is 16.2. The average Bonchev–Trinajstić information content (AvgIpc) is 2.97. The predicted octanol–water partition coefficient (Wildman–Crippen LogP) is -0.0643. The van der Waals surface area contributed by atoms with Crippen molar-refractivity contribution < 1.29 is 4.79 Å². The van der Waals surface area contributed by atoms with Crippen LogP contribution < -0.4 is 11.1 Å². The van der Waals surface area contributed by atoms with Gasteiger partial charge < -0.3 is 16.0 Å². The van der Waals surface area contributed by atoms with E-state index < -0.39 is 5.54 Å². The van der Waals surface area contributed by atoms with Crippen molar-refractivity contribution in [3.63, 3.8) is 0 Å². The van der Waals surface area contributed by atoms with Crippen LogP contribution in [0, 0.1) is 5.92 Å². The van der Waals surface area contributed by atoms with Gasteiger partial charge in [-0.15, -0.1) is 0 Å². The SMILES string of the molecule is CN1CCC(CNC(=O)C2(N)CC2)CC1. The van der Waals surface area contributed by atoms with E-state index in [2.05, 4.69) is 17.3 Å². The maximum atomic E-state index is 11.6. The van der Waals surface area contributed by atoms with E-state index in [1.165, 1.54) is 12.8 Å². The number of rotatable bonds is 3. The van der Waals surface area contributed by atoms with Gasteiger partial charge in [0, 0.05) is 6.54 Å². The molecular formula is C11H21N3O. The normalized spacial score (nSPS) is 26.3. The summed E-state index contributed by atoms with van der Waals surface area (Å²) < 4.78 is 0. The van der Waals surface area contributed by atoms with Crippen LogP contribution in [0.4, 0.5) is 0 Å². The molecule has 2 fully saturated rings. The molecule has 1 amide bonds. The van der Waals surface area contributed by atoms with E-state index in [1.807, 2.05) is 0 Å². The van der Waals surface area contributed by atoms with Crippen molar-refractivity contribution in [1.29, 1.82) is 0 Å². The Labute approximate surface area is 91.2 Å². The van der Waals surface area contributed by atoms with E-state index in [1.54, 1.807) is 0 Å². The maximum absolute atomic E-state index is 11.6. The Morgan fingerprint density at radius 3 is 2.60 bits per heavy atom. The molecule has 0 aromatic carbocycles. The average molecular weight is 211 g/mol. The number of nitrogens with one attached hydrogen (secondary N) is 1. The minimum atomic E-state index is -0.508. The number of piperidine rings is 1. The Kier molecular flexibility index (Phi) is 2.98. The van der Waals surface area contributed by atoms with Crippen LogP contribution in [0.5, 0.6) is 0 Å². The summed E-state index contributed by atoms with van der Waals surface area (Å²) >= 11 is 0. The molecule has 4 nitrogen and oxygen atoms in total. The third-order valence-corrected chi connectivity index (χ3v) is 3.63. The number of carbonyl (C=O) groups excluding carboxylic acids is 1. The van der Waals surface area contributed by atoms with Gasteiger partial charge in [0.15, 0.2) is 0 Å². The molecule has 0 unspecified atom stereocenters. The van der Waals surface area contributed by atoms with Crippen LogP contribution >= 0.6 is 0 Å². The third kappa shape index (κ3) is 2.69. The number of hydrogen-bond acceptors (Lipinski definition) is 3. The lowest BCUT2D eigenvalue weighted by Crippen LogP contribution is -2.45. The monoisotopic (exact) mass is 211 g/mol. The fraction of sp³-hybridized carbons (Fsp3) is 0.909. The molecule has 1 saturated heterocycles. The molecular weight excluding hydrogens is 190 g/mol. The molecule has 1 aliphatic carbocycles. The Balaban J connectivity index is 1.67. The topological polar surface area (TPSA) is 58.4 Å². The van der Waals surface area contributed by atoms with E-state index in [0.29, 0.717) is 5.92 Å². The second kappa shape index (κ2) is 4.10. The van der Waals surface area contributed by atoms with Crippen LogP contribution in [0.1, 0.15) is 25.7 Å². The number of nitrogens with zero attached hydrogens (tertiary/aromatic N) is 1. The van der Waals surface area contributed by atoms with Crippen molar-refractivity contribution in [3.8, 4) is 0 Å². The van der Waals surface area contributed by atoms with E-state index in [9.17, 15) is 4.79 Å². The summed E-state index contributed by atoms with van der Waals surface area (Å²) in [5, 5.41) is 2.99. The molecule has 15 heavy (non-hydrogen) atoms. The van der Waals surface area contributed by atoms with Crippen LogP contribution in [0.2, 0.25) is 0 Å². The van der Waals surface area contributed by atoms with Gasteiger partial charge in [-0.25, -0.2) is 0 Å². The molecule has 2 aliphatic rings. The van der Waals surface area contributed by atoms with Crippen LogP contribution in [0.15, 0.2) is 0 Å². The smallest absolute Gasteiger partial charge is 0.240 e. The van der Waals surface area contributed by atoms with Crippen LogP contribution in [-0.4, -0.2) is 43.0 Å². The van der Waals surface area contributed by atoms with Crippen molar-refractivity contribution in [2.75, 3.05) is 26.7 Å². The molecule has 2 rings (SSSR count). The second-order valence-corrected chi connectivity index (χ2v) is 5.11. The molecule has 1 aliphatic heterocycles. The highest BCUT2D eigenvalue weighted by molar-refractivity contribution is 5.88. The molecule has 0 spiro atoms. The summed E-state index contributed by atoms with van der Waals surface area (Å²) in [6, 6.07) is 0. The third-order valence-electron chi connectivity index (χ3n) is 3.63. The number of amides is 1. The largest absolute Gasteiger partial charge is 0.354 e. The Morgan fingerprint density at radius 1 is 1.47 bits per heavy atom. The van der Waals surface area contributed by atoms with Gasteiger partial charge in [-0.2, -0.15) is 0 Å². The first kappa shape index (κ1) is 10.9. The lowest BCUT2D eigenvalue weighted by atomic mass is 9.97. The summed E-state index contributed by atoms with van der Waals surface area (Å²) in [5.74, 6) is 0.703. The predicted molar refractivity (Wildman–Crippen MR) is 59.4 cm³/mol. The van der Waals surface area contributed by atoms with Gasteiger partial charge in [0.1, 0.15) is 0 Å². The minimum Gasteiger partial charge on any atom is -0.354 e. The molecule has 0 bridgehead atoms. The standard InChI is InChI=1S/C11H21N3O/c1-14-6-2-9(3-7-14)8-13-10(15)11(12)4-5-11/h9H,2-8,12H2,1H3,(H,13,15). The lowest BCUT2D eigenvalue weighted by Gasteiger charge is -2.29. The van der Waals surface area contributed by atoms with Crippen molar-refractivity contribution in [2.45, 2.75) is 31.2 Å². The van der Waals surface area contributed by atoms with E-state index in [4.69, 9.17) is 5.73 Å². The first-order valence-corrected chi connectivity index (χ1v) is 5.86. The fourth-order valence-corrected chi connectivity index (χ4v) is 2.04. The Bertz CT molecular complexity index is 242. The van der Waals surface area contributed by atoms with Gasteiger partial charge in [-0.05, 0) is 51.7 Å². The van der Waals surface area contributed by atoms with E-state index in [-0.39, 0.29) is 5.91 Å². The first-order chi connectivity index (χ1) is 7.10. The summed E-state index contributed by atoms with van der Waals surface area (Å²) in [6.45, 7) is 3.11. The zero-order valence-electron chi connectivity index (χ0n) is 9.46. The second-order valence-electron chi connectivity index (χ2n) is 5.11. The van der Waals surface area contributed by atoms with Gasteiger partial charge >= 0.3 is 0 Å². The minimum absolute atomic E-state index is 0.0569. The molecule has 4 heteroatoms. The summed E-state index contributed by atoms with van der Waals surface area (Å²) in [4.78, 5) is 13.9. The number of nitrogens with two attached hydrogens (primary N) is 1. The van der Waals surface area contributed by atoms with Gasteiger partial charge in [0.2, 0.25) is 5.91 Å². The first-order valence-electron chi connectivity index (χ1n) is 5.86. The van der Waals surface area contributed by atoms with Gasteiger partial charge in [0.05, 0.1) is 5.54 Å². The molecule has 3 N–H and O–H groups in total. The summed E-state index contributed by atoms with van der Waals surface area (Å²) in [5.41, 5.74) is 5.30. The number of hydrogen-bond donors (Lipinski definition) is 2. The fourth-order valence-electron chi connectivity index (χ4n) is 2.04. The zero-order valence-corrected chi connectivity index (χ0v) is 9.46. The molecule has 0 aromatic heterocycles. The highest BCUT2D eigenvalue weighted by Gasteiger charge is 2.45. The van der Waals surface area contributed by atoms with Crippen molar-refractivity contribution in [3.05, 3.63) is 0 Å². The lowest BCUT2D eigenvalue weighted by molar-refractivity contribution is -0.123. The Hall–Kier alpha value is -0.610. The maximum Gasteiger partial charge on any atom is 0.240 e. The van der Waals surface area contributed by atoms with Gasteiger partial charge in [0.25, 0.3) is 0 Å². The highest BCUT2D eigenvalue weighted by Crippen LogP contribution is 2.32. The van der Waals surface area contributed by atoms with Crippen LogP contribution in [0.25, 0.3) is 0 Å². The van der Waals surface area contributed by atoms with Crippen molar-refractivity contribution in [1.82, 2.24) is 10.2 Å². The molecule has 1 saturated carbocycles. The molecule has 86 valence electrons. The molecule has 0 atom stereocenters. The Morgan fingerprint density at radius 2 is 2.07 bits per heavy atom. The van der Waals surface area contributed by atoms with Crippen LogP contribution in [-0.2, 0) is 4.79 Å². The summed E-state index contributed by atoms with van der Waals surface area (Å²) in [6.07, 6.45) is 4.08. The van der Waals surface area contributed by atoms with Gasteiger partial charge in [-0.1, -0.05) is 0 Å². The molecule has 0 radical (unpaired) electrons. The van der Waals surface area contributed by atoms with Gasteiger partial charge in [-0.3, -0.25) is 4.79 Å². The van der Waals surface area contributed by atoms with Crippen molar-refractivity contribution in [2.24, 2.45) is 11.7 Å². The molecule has 1 heterocycles. The van der Waals surface area contributed by atoms with E-state index in [0.717, 1.165) is 32.5 Å². The quantitative estimate of drug-likeness (QED) is 0.687. The summed E-state index contributed by atoms with van der Waals surface area (Å²) in [7, 11) is 2.15. The number of carbonyl (C=O) groups is 1. The van der Waals surface area contributed by atoms with Crippen LogP contribution in [0.3, 0.4) is 0 Å². The van der Waals surface area contributed by atoms with Crippen molar-refractivity contribution >= 4 is 5.91 Å². The molecule has 0 aromatic rings. The van der Waals surface area contributed by atoms with E-state index >= 15 is 0 Å².